The van der Waals surface area contributed by atoms with Crippen LogP contribution in [0.1, 0.15) is 17.9 Å². The highest BCUT2D eigenvalue weighted by atomic mass is 32.1. The maximum atomic E-state index is 11.2. The van der Waals surface area contributed by atoms with E-state index in [1.54, 1.807) is 23.2 Å². The zero-order valence-electron chi connectivity index (χ0n) is 12.6. The number of rotatable bonds is 6. The normalized spacial score (nSPS) is 12.0. The van der Waals surface area contributed by atoms with Crippen LogP contribution in [0.2, 0.25) is 0 Å². The van der Waals surface area contributed by atoms with Gasteiger partial charge in [-0.15, -0.1) is 0 Å². The Morgan fingerprint density at radius 2 is 2.08 bits per heavy atom. The van der Waals surface area contributed by atoms with Gasteiger partial charge in [0.2, 0.25) is 0 Å². The summed E-state index contributed by atoms with van der Waals surface area (Å²) in [6, 6.07) is 9.40. The van der Waals surface area contributed by atoms with Crippen molar-refractivity contribution in [3.63, 3.8) is 0 Å². The van der Waals surface area contributed by atoms with Gasteiger partial charge in [-0.3, -0.25) is 14.6 Å². The summed E-state index contributed by atoms with van der Waals surface area (Å²) in [6.45, 7) is 0.346. The van der Waals surface area contributed by atoms with Crippen molar-refractivity contribution < 1.29 is 9.90 Å². The van der Waals surface area contributed by atoms with Gasteiger partial charge in [-0.25, -0.2) is 4.98 Å². The molecule has 0 bridgehead atoms. The summed E-state index contributed by atoms with van der Waals surface area (Å²) in [5.41, 5.74) is 1.46. The van der Waals surface area contributed by atoms with Crippen molar-refractivity contribution >= 4 is 18.2 Å². The number of nitrogens with zero attached hydrogens (tertiary/aromatic N) is 4. The summed E-state index contributed by atoms with van der Waals surface area (Å²) >= 11 is 5.29. The smallest absolute Gasteiger partial charge is 0.195 e. The van der Waals surface area contributed by atoms with E-state index in [-0.39, 0.29) is 12.3 Å². The van der Waals surface area contributed by atoms with E-state index >= 15 is 0 Å². The Morgan fingerprint density at radius 3 is 2.75 bits per heavy atom. The number of carbonyl (C=O) groups excluding carboxylic acids is 1. The highest BCUT2D eigenvalue weighted by Gasteiger charge is 2.17. The van der Waals surface area contributed by atoms with Gasteiger partial charge in [-0.1, -0.05) is 30.3 Å². The molecule has 24 heavy (non-hydrogen) atoms. The van der Waals surface area contributed by atoms with Crippen LogP contribution in [0.5, 0.6) is 0 Å². The van der Waals surface area contributed by atoms with Gasteiger partial charge in [-0.05, 0) is 24.2 Å². The van der Waals surface area contributed by atoms with Crippen LogP contribution in [0.25, 0.3) is 11.5 Å². The Labute approximate surface area is 143 Å². The number of hydrogen-bond acceptors (Lipinski definition) is 6. The third kappa shape index (κ3) is 3.54. The lowest BCUT2D eigenvalue weighted by molar-refractivity contribution is -0.306. The molecule has 0 amide bonds. The Bertz CT molecular complexity index is 876. The van der Waals surface area contributed by atoms with Crippen LogP contribution in [-0.4, -0.2) is 30.7 Å². The number of benzene rings is 1. The van der Waals surface area contributed by atoms with Crippen LogP contribution in [0.15, 0.2) is 48.9 Å². The monoisotopic (exact) mass is 340 g/mol. The van der Waals surface area contributed by atoms with Crippen LogP contribution < -0.4 is 5.11 Å². The van der Waals surface area contributed by atoms with Crippen molar-refractivity contribution in [1.29, 1.82) is 0 Å². The highest BCUT2D eigenvalue weighted by molar-refractivity contribution is 7.71. The van der Waals surface area contributed by atoms with Crippen LogP contribution >= 0.6 is 12.2 Å². The molecule has 2 aromatic heterocycles. The van der Waals surface area contributed by atoms with Gasteiger partial charge in [0.15, 0.2) is 10.6 Å². The molecule has 3 aromatic rings. The molecule has 1 aromatic carbocycles. The second kappa shape index (κ2) is 7.14. The molecule has 122 valence electrons. The molecule has 1 atom stereocenters. The first-order valence-electron chi connectivity index (χ1n) is 7.31. The summed E-state index contributed by atoms with van der Waals surface area (Å²) in [5, 5.41) is 18.1. The van der Waals surface area contributed by atoms with Gasteiger partial charge in [0.05, 0.1) is 6.20 Å². The number of H-pyrrole nitrogens is 1. The molecule has 0 saturated carbocycles. The van der Waals surface area contributed by atoms with Crippen molar-refractivity contribution in [2.75, 3.05) is 0 Å². The van der Waals surface area contributed by atoms with E-state index in [9.17, 15) is 9.90 Å². The lowest BCUT2D eigenvalue weighted by Gasteiger charge is -2.19. The molecule has 3 rings (SSSR count). The number of carboxylic acids is 1. The van der Waals surface area contributed by atoms with Crippen molar-refractivity contribution in [2.45, 2.75) is 18.9 Å². The van der Waals surface area contributed by atoms with Crippen LogP contribution in [-0.2, 0) is 11.3 Å². The fourth-order valence-corrected chi connectivity index (χ4v) is 2.74. The second-order valence-electron chi connectivity index (χ2n) is 5.24. The predicted molar refractivity (Wildman–Crippen MR) is 87.2 cm³/mol. The number of aliphatic carboxylic acids is 1. The Kier molecular flexibility index (Phi) is 4.76. The maximum Gasteiger partial charge on any atom is 0.195 e. The average Bonchev–Trinajstić information content (AvgIpc) is 2.96. The third-order valence-corrected chi connectivity index (χ3v) is 3.95. The zero-order chi connectivity index (χ0) is 16.9. The standard InChI is InChI=1S/C16H15N5O2S/c22-14(23)8-12(11-4-2-1-3-5-11)10-21-15(19-20-16(21)24)13-9-17-6-7-18-13/h1-7,9,12H,8,10H2,(H,20,24)(H,22,23)/p-1/t12-/m0/s1. The number of hydrogen-bond donors (Lipinski definition) is 1. The molecule has 0 aliphatic carbocycles. The van der Waals surface area contributed by atoms with Gasteiger partial charge >= 0.3 is 0 Å². The topological polar surface area (TPSA) is 99.5 Å². The van der Waals surface area contributed by atoms with E-state index in [2.05, 4.69) is 20.2 Å². The molecule has 0 fully saturated rings. The molecular weight excluding hydrogens is 326 g/mol. The van der Waals surface area contributed by atoms with Gasteiger partial charge < -0.3 is 9.90 Å². The maximum absolute atomic E-state index is 11.2. The fourth-order valence-electron chi connectivity index (χ4n) is 2.53. The first-order chi connectivity index (χ1) is 11.6. The van der Waals surface area contributed by atoms with Gasteiger partial charge in [0.25, 0.3) is 0 Å². The number of aromatic amines is 1. The second-order valence-corrected chi connectivity index (χ2v) is 5.62. The van der Waals surface area contributed by atoms with E-state index in [4.69, 9.17) is 12.2 Å². The van der Waals surface area contributed by atoms with Crippen molar-refractivity contribution in [3.8, 4) is 11.5 Å². The van der Waals surface area contributed by atoms with Crippen LogP contribution in [0.3, 0.4) is 0 Å². The molecule has 0 radical (unpaired) electrons. The fraction of sp³-hybridized carbons (Fsp3) is 0.188. The number of carbonyl (C=O) groups is 1. The lowest BCUT2D eigenvalue weighted by Crippen LogP contribution is -2.26. The predicted octanol–water partition coefficient (Wildman–Crippen LogP) is 1.32. The van der Waals surface area contributed by atoms with Crippen LogP contribution in [0.4, 0.5) is 0 Å². The summed E-state index contributed by atoms with van der Waals surface area (Å²) in [7, 11) is 0. The molecule has 8 heteroatoms. The molecule has 0 saturated heterocycles. The SMILES string of the molecule is O=C([O-])C[C@@H](Cn1c(-c2cnccn2)n[nH]c1=S)c1ccccc1. The van der Waals surface area contributed by atoms with Crippen molar-refractivity contribution in [2.24, 2.45) is 0 Å². The molecule has 0 aliphatic rings. The molecular formula is C16H14N5O2S-. The molecule has 2 heterocycles. The number of aromatic nitrogens is 5. The minimum Gasteiger partial charge on any atom is -0.550 e. The summed E-state index contributed by atoms with van der Waals surface area (Å²) in [5.74, 6) is -0.886. The van der Waals surface area contributed by atoms with Crippen molar-refractivity contribution in [1.82, 2.24) is 24.7 Å². The zero-order valence-corrected chi connectivity index (χ0v) is 13.4. The molecule has 0 aliphatic heterocycles. The summed E-state index contributed by atoms with van der Waals surface area (Å²) < 4.78 is 2.13. The third-order valence-electron chi connectivity index (χ3n) is 3.64. The summed E-state index contributed by atoms with van der Waals surface area (Å²) in [4.78, 5) is 19.4. The number of nitrogens with one attached hydrogen (secondary N) is 1. The minimum absolute atomic E-state index is 0.114. The molecule has 1 N–H and O–H groups in total. The lowest BCUT2D eigenvalue weighted by atomic mass is 9.95. The largest absolute Gasteiger partial charge is 0.550 e. The van der Waals surface area contributed by atoms with E-state index in [0.29, 0.717) is 22.8 Å². The first-order valence-corrected chi connectivity index (χ1v) is 7.72. The minimum atomic E-state index is -1.11. The van der Waals surface area contributed by atoms with E-state index in [1.807, 2.05) is 30.3 Å². The Morgan fingerprint density at radius 1 is 1.29 bits per heavy atom. The molecule has 0 spiro atoms. The highest BCUT2D eigenvalue weighted by Crippen LogP contribution is 2.24. The van der Waals surface area contributed by atoms with Gasteiger partial charge in [-0.2, -0.15) is 5.10 Å². The van der Waals surface area contributed by atoms with Crippen LogP contribution in [0, 0.1) is 4.77 Å². The van der Waals surface area contributed by atoms with Gasteiger partial charge in [0, 0.05) is 30.8 Å². The molecule has 0 unspecified atom stereocenters. The number of carboxylic acid groups (broad SMARTS) is 1. The van der Waals surface area contributed by atoms with E-state index in [0.717, 1.165) is 5.56 Å². The summed E-state index contributed by atoms with van der Waals surface area (Å²) in [6.07, 6.45) is 4.60. The Balaban J connectivity index is 1.98. The van der Waals surface area contributed by atoms with Gasteiger partial charge in [0.1, 0.15) is 5.69 Å². The quantitative estimate of drug-likeness (QED) is 0.680. The Hall–Kier alpha value is -2.87. The van der Waals surface area contributed by atoms with Crippen molar-refractivity contribution in [3.05, 3.63) is 59.3 Å². The average molecular weight is 340 g/mol. The van der Waals surface area contributed by atoms with E-state index < -0.39 is 5.97 Å². The first kappa shape index (κ1) is 16.0. The molecule has 7 nitrogen and oxygen atoms in total. The van der Waals surface area contributed by atoms with E-state index in [1.165, 1.54) is 0 Å².